The van der Waals surface area contributed by atoms with Gasteiger partial charge in [-0.3, -0.25) is 0 Å². The summed E-state index contributed by atoms with van der Waals surface area (Å²) < 4.78 is 8.10. The van der Waals surface area contributed by atoms with Crippen molar-refractivity contribution in [2.45, 2.75) is 5.38 Å². The second-order valence-corrected chi connectivity index (χ2v) is 6.98. The quantitative estimate of drug-likeness (QED) is 0.479. The van der Waals surface area contributed by atoms with Gasteiger partial charge in [-0.05, 0) is 41.5 Å². The fourth-order valence-corrected chi connectivity index (χ4v) is 3.79. The number of rotatable bonds is 3. The SMILES string of the molecule is COc1ccc(C(Cl)c2cc(Br)ccc2Br)c(Br)c1. The molecular weight excluding hydrogens is 459 g/mol. The van der Waals surface area contributed by atoms with Crippen LogP contribution in [0.25, 0.3) is 0 Å². The summed E-state index contributed by atoms with van der Waals surface area (Å²) in [5, 5.41) is -0.243. The molecule has 2 aromatic rings. The van der Waals surface area contributed by atoms with Gasteiger partial charge < -0.3 is 4.74 Å². The van der Waals surface area contributed by atoms with Gasteiger partial charge >= 0.3 is 0 Å². The first-order valence-corrected chi connectivity index (χ1v) is 8.27. The topological polar surface area (TPSA) is 9.23 Å². The molecular formula is C14H10Br3ClO. The van der Waals surface area contributed by atoms with Crippen molar-refractivity contribution in [3.8, 4) is 5.75 Å². The third-order valence-corrected chi connectivity index (χ3v) is 5.08. The number of halogens is 4. The molecule has 0 N–H and O–H groups in total. The normalized spacial score (nSPS) is 12.3. The van der Waals surface area contributed by atoms with E-state index in [-0.39, 0.29) is 5.38 Å². The Morgan fingerprint density at radius 1 is 0.947 bits per heavy atom. The summed E-state index contributed by atoms with van der Waals surface area (Å²) in [7, 11) is 1.64. The number of methoxy groups -OCH3 is 1. The van der Waals surface area contributed by atoms with E-state index >= 15 is 0 Å². The number of alkyl halides is 1. The zero-order chi connectivity index (χ0) is 14.0. The van der Waals surface area contributed by atoms with E-state index in [1.165, 1.54) is 0 Å². The van der Waals surface area contributed by atoms with Crippen LogP contribution in [0.1, 0.15) is 16.5 Å². The minimum absolute atomic E-state index is 0.243. The van der Waals surface area contributed by atoms with Gasteiger partial charge in [0.25, 0.3) is 0 Å². The van der Waals surface area contributed by atoms with Gasteiger partial charge in [0.15, 0.2) is 0 Å². The maximum Gasteiger partial charge on any atom is 0.120 e. The first-order chi connectivity index (χ1) is 9.02. The van der Waals surface area contributed by atoms with Crippen LogP contribution in [0.4, 0.5) is 0 Å². The highest BCUT2D eigenvalue weighted by atomic mass is 79.9. The van der Waals surface area contributed by atoms with Crippen LogP contribution >= 0.6 is 59.4 Å². The van der Waals surface area contributed by atoms with Gasteiger partial charge in [-0.15, -0.1) is 11.6 Å². The van der Waals surface area contributed by atoms with Crippen molar-refractivity contribution in [2.75, 3.05) is 7.11 Å². The summed E-state index contributed by atoms with van der Waals surface area (Å²) in [5.41, 5.74) is 2.02. The van der Waals surface area contributed by atoms with E-state index in [2.05, 4.69) is 47.8 Å². The van der Waals surface area contributed by atoms with E-state index in [0.29, 0.717) is 0 Å². The van der Waals surface area contributed by atoms with Crippen LogP contribution in [0.15, 0.2) is 49.8 Å². The average Bonchev–Trinajstić information content (AvgIpc) is 2.40. The van der Waals surface area contributed by atoms with Crippen LogP contribution < -0.4 is 4.74 Å². The zero-order valence-corrected chi connectivity index (χ0v) is 15.5. The van der Waals surface area contributed by atoms with Crippen molar-refractivity contribution in [3.63, 3.8) is 0 Å². The van der Waals surface area contributed by atoms with E-state index in [1.807, 2.05) is 36.4 Å². The Kier molecular flexibility index (Phi) is 5.35. The Morgan fingerprint density at radius 3 is 2.32 bits per heavy atom. The maximum absolute atomic E-state index is 6.59. The van der Waals surface area contributed by atoms with Crippen LogP contribution in [-0.4, -0.2) is 7.11 Å². The highest BCUT2D eigenvalue weighted by molar-refractivity contribution is 9.11. The summed E-state index contributed by atoms with van der Waals surface area (Å²) in [4.78, 5) is 0. The Balaban J connectivity index is 2.43. The first kappa shape index (κ1) is 15.4. The molecule has 0 heterocycles. The van der Waals surface area contributed by atoms with E-state index in [1.54, 1.807) is 7.11 Å². The van der Waals surface area contributed by atoms with Crippen molar-refractivity contribution in [1.29, 1.82) is 0 Å². The number of hydrogen-bond acceptors (Lipinski definition) is 1. The molecule has 100 valence electrons. The molecule has 2 rings (SSSR count). The minimum Gasteiger partial charge on any atom is -0.497 e. The molecule has 2 aromatic carbocycles. The lowest BCUT2D eigenvalue weighted by Crippen LogP contribution is -1.96. The van der Waals surface area contributed by atoms with Gasteiger partial charge in [0.2, 0.25) is 0 Å². The second kappa shape index (κ2) is 6.61. The lowest BCUT2D eigenvalue weighted by Gasteiger charge is -2.15. The molecule has 0 aliphatic heterocycles. The summed E-state index contributed by atoms with van der Waals surface area (Å²) in [5.74, 6) is 0.799. The van der Waals surface area contributed by atoms with E-state index in [0.717, 1.165) is 30.3 Å². The zero-order valence-electron chi connectivity index (χ0n) is 9.96. The summed E-state index contributed by atoms with van der Waals surface area (Å²) >= 11 is 17.1. The monoisotopic (exact) mass is 466 g/mol. The molecule has 1 unspecified atom stereocenters. The minimum atomic E-state index is -0.243. The molecule has 0 aliphatic carbocycles. The number of benzene rings is 2. The molecule has 0 fully saturated rings. The second-order valence-electron chi connectivity index (χ2n) is 3.92. The van der Waals surface area contributed by atoms with Crippen LogP contribution in [-0.2, 0) is 0 Å². The lowest BCUT2D eigenvalue weighted by molar-refractivity contribution is 0.414. The van der Waals surface area contributed by atoms with Gasteiger partial charge in [-0.25, -0.2) is 0 Å². The first-order valence-electron chi connectivity index (χ1n) is 5.45. The molecule has 0 saturated heterocycles. The number of hydrogen-bond donors (Lipinski definition) is 0. The average molecular weight is 469 g/mol. The van der Waals surface area contributed by atoms with E-state index < -0.39 is 0 Å². The highest BCUT2D eigenvalue weighted by Gasteiger charge is 2.17. The molecule has 1 atom stereocenters. The van der Waals surface area contributed by atoms with Crippen molar-refractivity contribution in [3.05, 3.63) is 60.9 Å². The molecule has 5 heteroatoms. The molecule has 0 radical (unpaired) electrons. The summed E-state index contributed by atoms with van der Waals surface area (Å²) in [6, 6.07) is 11.7. The lowest BCUT2D eigenvalue weighted by atomic mass is 10.0. The van der Waals surface area contributed by atoms with Crippen LogP contribution in [0.5, 0.6) is 5.75 Å². The molecule has 0 bridgehead atoms. The molecule has 0 amide bonds. The smallest absolute Gasteiger partial charge is 0.120 e. The summed E-state index contributed by atoms with van der Waals surface area (Å²) in [6.45, 7) is 0. The predicted octanol–water partition coefficient (Wildman–Crippen LogP) is 6.31. The van der Waals surface area contributed by atoms with E-state index in [9.17, 15) is 0 Å². The highest BCUT2D eigenvalue weighted by Crippen LogP contribution is 2.39. The number of ether oxygens (including phenoxy) is 1. The van der Waals surface area contributed by atoms with Crippen molar-refractivity contribution >= 4 is 59.4 Å². The molecule has 19 heavy (non-hydrogen) atoms. The van der Waals surface area contributed by atoms with Crippen molar-refractivity contribution < 1.29 is 4.74 Å². The Morgan fingerprint density at radius 2 is 1.68 bits per heavy atom. The van der Waals surface area contributed by atoms with Gasteiger partial charge in [0, 0.05) is 13.4 Å². The van der Waals surface area contributed by atoms with Crippen LogP contribution in [0, 0.1) is 0 Å². The van der Waals surface area contributed by atoms with Crippen molar-refractivity contribution in [2.24, 2.45) is 0 Å². The molecule has 0 aliphatic rings. The van der Waals surface area contributed by atoms with Gasteiger partial charge in [0.1, 0.15) is 5.75 Å². The van der Waals surface area contributed by atoms with Crippen LogP contribution in [0.3, 0.4) is 0 Å². The molecule has 0 aromatic heterocycles. The fraction of sp³-hybridized carbons (Fsp3) is 0.143. The third-order valence-electron chi connectivity index (χ3n) is 2.71. The summed E-state index contributed by atoms with van der Waals surface area (Å²) in [6.07, 6.45) is 0. The van der Waals surface area contributed by atoms with Gasteiger partial charge in [-0.1, -0.05) is 53.9 Å². The van der Waals surface area contributed by atoms with E-state index in [4.69, 9.17) is 16.3 Å². The maximum atomic E-state index is 6.59. The Labute approximate surface area is 142 Å². The molecule has 0 saturated carbocycles. The largest absolute Gasteiger partial charge is 0.497 e. The Bertz CT molecular complexity index is 601. The van der Waals surface area contributed by atoms with Crippen LogP contribution in [0.2, 0.25) is 0 Å². The molecule has 0 spiro atoms. The van der Waals surface area contributed by atoms with Crippen molar-refractivity contribution in [1.82, 2.24) is 0 Å². The standard InChI is InChI=1S/C14H10Br3ClO/c1-19-9-3-4-10(13(17)7-9)14(18)11-6-8(15)2-5-12(11)16/h2-7,14H,1H3. The van der Waals surface area contributed by atoms with Gasteiger partial charge in [0.05, 0.1) is 12.5 Å². The van der Waals surface area contributed by atoms with Gasteiger partial charge in [-0.2, -0.15) is 0 Å². The fourth-order valence-electron chi connectivity index (χ4n) is 1.72. The molecule has 1 nitrogen and oxygen atoms in total. The Hall–Kier alpha value is -0.0300. The third kappa shape index (κ3) is 3.54. The predicted molar refractivity (Wildman–Crippen MR) is 90.2 cm³/mol.